The first kappa shape index (κ1) is 15.2. The molecule has 118 valence electrons. The smallest absolute Gasteiger partial charge is 0.123 e. The number of benzene rings is 1. The summed E-state index contributed by atoms with van der Waals surface area (Å²) in [5.74, 6) is 0.576. The molecule has 0 radical (unpaired) electrons. The second-order valence-electron chi connectivity index (χ2n) is 5.99. The summed E-state index contributed by atoms with van der Waals surface area (Å²) in [6.45, 7) is 4.26. The number of rotatable bonds is 5. The molecule has 0 aliphatic carbocycles. The Bertz CT molecular complexity index is 585. The minimum absolute atomic E-state index is 0.218. The third kappa shape index (κ3) is 3.54. The maximum absolute atomic E-state index is 13.1. The van der Waals surface area contributed by atoms with Crippen LogP contribution in [0.2, 0.25) is 0 Å². The first-order chi connectivity index (χ1) is 10.8. The topological polar surface area (TPSA) is 33.1 Å². The Hall–Kier alpha value is -1.72. The van der Waals surface area contributed by atoms with Crippen molar-refractivity contribution in [1.29, 1.82) is 0 Å². The summed E-state index contributed by atoms with van der Waals surface area (Å²) in [7, 11) is 2.02. The Morgan fingerprint density at radius 2 is 1.91 bits per heavy atom. The van der Waals surface area contributed by atoms with Gasteiger partial charge in [-0.1, -0.05) is 0 Å². The number of nitrogens with one attached hydrogen (secondary N) is 1. The molecule has 4 nitrogen and oxygen atoms in total. The van der Waals surface area contributed by atoms with Gasteiger partial charge in [-0.05, 0) is 75.8 Å². The normalized spacial score (nSPS) is 17.0. The second kappa shape index (κ2) is 7.03. The van der Waals surface area contributed by atoms with Crippen molar-refractivity contribution in [3.8, 4) is 5.69 Å². The van der Waals surface area contributed by atoms with Crippen LogP contribution in [0.1, 0.15) is 18.5 Å². The van der Waals surface area contributed by atoms with Gasteiger partial charge in [-0.2, -0.15) is 5.10 Å². The van der Waals surface area contributed by atoms with E-state index in [0.717, 1.165) is 43.5 Å². The SMILES string of the molecule is CNCC1CCN(Cc2ccnn2-c2ccc(F)cc2)CC1. The number of hydrogen-bond acceptors (Lipinski definition) is 3. The molecule has 0 amide bonds. The molecule has 1 aliphatic rings. The first-order valence-corrected chi connectivity index (χ1v) is 7.92. The highest BCUT2D eigenvalue weighted by Crippen LogP contribution is 2.19. The molecule has 1 aromatic carbocycles. The van der Waals surface area contributed by atoms with Gasteiger partial charge >= 0.3 is 0 Å². The average molecular weight is 302 g/mol. The van der Waals surface area contributed by atoms with Crippen molar-refractivity contribution in [3.63, 3.8) is 0 Å². The predicted molar refractivity (Wildman–Crippen MR) is 85.4 cm³/mol. The van der Waals surface area contributed by atoms with Crippen molar-refractivity contribution < 1.29 is 4.39 Å². The molecule has 1 aromatic heterocycles. The highest BCUT2D eigenvalue weighted by atomic mass is 19.1. The zero-order chi connectivity index (χ0) is 15.4. The molecule has 0 atom stereocenters. The summed E-state index contributed by atoms with van der Waals surface area (Å²) in [4.78, 5) is 2.48. The van der Waals surface area contributed by atoms with Gasteiger partial charge in [0.25, 0.3) is 0 Å². The van der Waals surface area contributed by atoms with E-state index in [1.54, 1.807) is 12.1 Å². The molecule has 1 saturated heterocycles. The molecule has 0 spiro atoms. The summed E-state index contributed by atoms with van der Waals surface area (Å²) in [6.07, 6.45) is 4.30. The van der Waals surface area contributed by atoms with Crippen LogP contribution in [0.3, 0.4) is 0 Å². The number of hydrogen-bond donors (Lipinski definition) is 1. The van der Waals surface area contributed by atoms with Gasteiger partial charge < -0.3 is 5.32 Å². The van der Waals surface area contributed by atoms with E-state index in [2.05, 4.69) is 15.3 Å². The number of piperidine rings is 1. The lowest BCUT2D eigenvalue weighted by Crippen LogP contribution is -2.36. The van der Waals surface area contributed by atoms with Crippen LogP contribution in [0.15, 0.2) is 36.5 Å². The summed E-state index contributed by atoms with van der Waals surface area (Å²) in [5, 5.41) is 7.65. The van der Waals surface area contributed by atoms with Gasteiger partial charge in [0, 0.05) is 12.7 Å². The Kier molecular flexibility index (Phi) is 4.85. The lowest BCUT2D eigenvalue weighted by molar-refractivity contribution is 0.174. The van der Waals surface area contributed by atoms with Crippen LogP contribution in [0, 0.1) is 11.7 Å². The number of likely N-dealkylation sites (tertiary alicyclic amines) is 1. The van der Waals surface area contributed by atoms with Gasteiger partial charge in [0.1, 0.15) is 5.82 Å². The van der Waals surface area contributed by atoms with E-state index >= 15 is 0 Å². The Labute approximate surface area is 130 Å². The van der Waals surface area contributed by atoms with Crippen LogP contribution < -0.4 is 5.32 Å². The first-order valence-electron chi connectivity index (χ1n) is 7.92. The molecular formula is C17H23FN4. The molecule has 3 rings (SSSR count). The van der Waals surface area contributed by atoms with E-state index in [-0.39, 0.29) is 5.82 Å². The van der Waals surface area contributed by atoms with Crippen molar-refractivity contribution >= 4 is 0 Å². The van der Waals surface area contributed by atoms with Gasteiger partial charge in [0.15, 0.2) is 0 Å². The summed E-state index contributed by atoms with van der Waals surface area (Å²) in [6, 6.07) is 8.53. The van der Waals surface area contributed by atoms with Gasteiger partial charge in [0.2, 0.25) is 0 Å². The molecule has 1 N–H and O–H groups in total. The van der Waals surface area contributed by atoms with E-state index < -0.39 is 0 Å². The maximum atomic E-state index is 13.1. The van der Waals surface area contributed by atoms with Crippen molar-refractivity contribution in [3.05, 3.63) is 48.0 Å². The molecule has 0 unspecified atom stereocenters. The highest BCUT2D eigenvalue weighted by Gasteiger charge is 2.19. The van der Waals surface area contributed by atoms with Gasteiger partial charge in [-0.3, -0.25) is 4.90 Å². The van der Waals surface area contributed by atoms with Crippen LogP contribution >= 0.6 is 0 Å². The van der Waals surface area contributed by atoms with E-state index in [0.29, 0.717) is 0 Å². The highest BCUT2D eigenvalue weighted by molar-refractivity contribution is 5.32. The van der Waals surface area contributed by atoms with Crippen LogP contribution in [0.25, 0.3) is 5.69 Å². The summed E-state index contributed by atoms with van der Waals surface area (Å²) < 4.78 is 15.0. The van der Waals surface area contributed by atoms with Crippen LogP contribution in [0.5, 0.6) is 0 Å². The fraction of sp³-hybridized carbons (Fsp3) is 0.471. The molecule has 22 heavy (non-hydrogen) atoms. The third-order valence-electron chi connectivity index (χ3n) is 4.38. The zero-order valence-corrected chi connectivity index (χ0v) is 13.0. The van der Waals surface area contributed by atoms with Crippen molar-refractivity contribution in [2.24, 2.45) is 5.92 Å². The minimum Gasteiger partial charge on any atom is -0.319 e. The lowest BCUT2D eigenvalue weighted by Gasteiger charge is -2.31. The fourth-order valence-electron chi connectivity index (χ4n) is 3.13. The fourth-order valence-corrected chi connectivity index (χ4v) is 3.13. The molecule has 1 fully saturated rings. The van der Waals surface area contributed by atoms with Crippen molar-refractivity contribution in [2.75, 3.05) is 26.7 Å². The number of halogens is 1. The molecule has 2 heterocycles. The third-order valence-corrected chi connectivity index (χ3v) is 4.38. The molecule has 5 heteroatoms. The van der Waals surface area contributed by atoms with Crippen LogP contribution in [0.4, 0.5) is 4.39 Å². The largest absolute Gasteiger partial charge is 0.319 e. The number of nitrogens with zero attached hydrogens (tertiary/aromatic N) is 3. The lowest BCUT2D eigenvalue weighted by atomic mass is 9.97. The molecule has 0 bridgehead atoms. The monoisotopic (exact) mass is 302 g/mol. The summed E-state index contributed by atoms with van der Waals surface area (Å²) >= 11 is 0. The van der Waals surface area contributed by atoms with Crippen LogP contribution in [-0.4, -0.2) is 41.4 Å². The van der Waals surface area contributed by atoms with Crippen molar-refractivity contribution in [1.82, 2.24) is 20.0 Å². The van der Waals surface area contributed by atoms with Crippen LogP contribution in [-0.2, 0) is 6.54 Å². The van der Waals surface area contributed by atoms with E-state index in [1.807, 2.05) is 24.0 Å². The Balaban J connectivity index is 1.65. The maximum Gasteiger partial charge on any atom is 0.123 e. The number of aromatic nitrogens is 2. The predicted octanol–water partition coefficient (Wildman–Crippen LogP) is 2.44. The quantitative estimate of drug-likeness (QED) is 0.921. The Morgan fingerprint density at radius 1 is 1.18 bits per heavy atom. The Morgan fingerprint density at radius 3 is 2.59 bits per heavy atom. The van der Waals surface area contributed by atoms with E-state index in [4.69, 9.17) is 0 Å². The molecular weight excluding hydrogens is 279 g/mol. The van der Waals surface area contributed by atoms with Crippen molar-refractivity contribution in [2.45, 2.75) is 19.4 Å². The second-order valence-corrected chi connectivity index (χ2v) is 5.99. The summed E-state index contributed by atoms with van der Waals surface area (Å²) in [5.41, 5.74) is 2.06. The standard InChI is InChI=1S/C17H23FN4/c1-19-12-14-7-10-21(11-8-14)13-17-6-9-20-22(17)16-4-2-15(18)3-5-16/h2-6,9,14,19H,7-8,10-13H2,1H3. The average Bonchev–Trinajstić information content (AvgIpc) is 2.98. The molecule has 2 aromatic rings. The van der Waals surface area contributed by atoms with Gasteiger partial charge in [-0.25, -0.2) is 9.07 Å². The molecule has 1 aliphatic heterocycles. The minimum atomic E-state index is -0.218. The molecule has 0 saturated carbocycles. The van der Waals surface area contributed by atoms with Gasteiger partial charge in [0.05, 0.1) is 11.4 Å². The van der Waals surface area contributed by atoms with E-state index in [1.165, 1.54) is 25.0 Å². The van der Waals surface area contributed by atoms with E-state index in [9.17, 15) is 4.39 Å². The van der Waals surface area contributed by atoms with Gasteiger partial charge in [-0.15, -0.1) is 0 Å². The zero-order valence-electron chi connectivity index (χ0n) is 13.0.